The number of rotatable bonds is 12. The second-order valence-electron chi connectivity index (χ2n) is 7.78. The first-order chi connectivity index (χ1) is 9.76. The van der Waals surface area contributed by atoms with Crippen molar-refractivity contribution in [3.05, 3.63) is 0 Å². The highest BCUT2D eigenvalue weighted by atomic mass is 16.3. The van der Waals surface area contributed by atoms with Gasteiger partial charge in [0.25, 0.3) is 0 Å². The lowest BCUT2D eigenvalue weighted by Gasteiger charge is -2.18. The molecule has 0 fully saturated rings. The molecule has 0 aliphatic rings. The molecule has 21 heavy (non-hydrogen) atoms. The third-order valence-electron chi connectivity index (χ3n) is 4.54. The molecule has 1 N–H and O–H groups in total. The van der Waals surface area contributed by atoms with E-state index in [-0.39, 0.29) is 0 Å². The van der Waals surface area contributed by atoms with E-state index in [1.54, 1.807) is 6.92 Å². The summed E-state index contributed by atoms with van der Waals surface area (Å²) in [6.07, 6.45) is 16.4. The molecule has 0 aromatic carbocycles. The largest absolute Gasteiger partial charge is 0.378 e. The van der Waals surface area contributed by atoms with E-state index in [9.17, 15) is 5.11 Å². The van der Waals surface area contributed by atoms with Gasteiger partial charge >= 0.3 is 0 Å². The van der Waals surface area contributed by atoms with Crippen LogP contribution in [0.4, 0.5) is 0 Å². The van der Waals surface area contributed by atoms with Gasteiger partial charge in [0, 0.05) is 0 Å². The Morgan fingerprint density at radius 3 is 1.71 bits per heavy atom. The van der Waals surface area contributed by atoms with Crippen molar-refractivity contribution in [2.75, 3.05) is 0 Å². The van der Waals surface area contributed by atoms with E-state index in [1.807, 2.05) is 0 Å². The van der Waals surface area contributed by atoms with E-state index < -0.39 is 5.60 Å². The summed E-state index contributed by atoms with van der Waals surface area (Å²) in [7, 11) is 0. The summed E-state index contributed by atoms with van der Waals surface area (Å²) in [6, 6.07) is 0. The summed E-state index contributed by atoms with van der Waals surface area (Å²) < 4.78 is 0. The molecule has 3 atom stereocenters. The quantitative estimate of drug-likeness (QED) is 0.450. The molecule has 0 saturated heterocycles. The van der Waals surface area contributed by atoms with Crippen molar-refractivity contribution in [1.29, 1.82) is 0 Å². The molecule has 0 spiro atoms. The molecule has 0 rings (SSSR count). The van der Waals surface area contributed by atoms with Crippen LogP contribution in [0.25, 0.3) is 0 Å². The third-order valence-corrected chi connectivity index (χ3v) is 4.54. The number of hydrogen-bond acceptors (Lipinski definition) is 1. The smallest absolute Gasteiger partial charge is 0.122 e. The fraction of sp³-hybridized carbons (Fsp3) is 0.900. The van der Waals surface area contributed by atoms with Crippen LogP contribution in [0.2, 0.25) is 0 Å². The predicted octanol–water partition coefficient (Wildman–Crippen LogP) is 5.81. The Bertz CT molecular complexity index is 285. The van der Waals surface area contributed by atoms with Crippen molar-refractivity contribution >= 4 is 0 Å². The van der Waals surface area contributed by atoms with E-state index in [0.29, 0.717) is 0 Å². The zero-order valence-corrected chi connectivity index (χ0v) is 15.1. The first kappa shape index (κ1) is 20.5. The van der Waals surface area contributed by atoms with Gasteiger partial charge in [-0.3, -0.25) is 0 Å². The van der Waals surface area contributed by atoms with Crippen molar-refractivity contribution < 1.29 is 5.11 Å². The summed E-state index contributed by atoms with van der Waals surface area (Å²) >= 11 is 0. The lowest BCUT2D eigenvalue weighted by atomic mass is 9.90. The Hall–Kier alpha value is -0.480. The van der Waals surface area contributed by atoms with E-state index in [0.717, 1.165) is 30.6 Å². The van der Waals surface area contributed by atoms with Gasteiger partial charge in [-0.05, 0) is 37.5 Å². The number of terminal acetylenes is 1. The molecule has 124 valence electrons. The molecule has 0 saturated carbocycles. The van der Waals surface area contributed by atoms with Gasteiger partial charge in [-0.1, -0.05) is 78.6 Å². The molecule has 0 amide bonds. The summed E-state index contributed by atoms with van der Waals surface area (Å²) in [5.41, 5.74) is -0.912. The summed E-state index contributed by atoms with van der Waals surface area (Å²) in [4.78, 5) is 0. The van der Waals surface area contributed by atoms with Crippen LogP contribution in [0.5, 0.6) is 0 Å². The molecule has 0 aliphatic heterocycles. The monoisotopic (exact) mass is 294 g/mol. The summed E-state index contributed by atoms with van der Waals surface area (Å²) in [5, 5.41) is 9.77. The molecule has 3 unspecified atom stereocenters. The topological polar surface area (TPSA) is 20.2 Å². The molecule has 0 bridgehead atoms. The van der Waals surface area contributed by atoms with Gasteiger partial charge in [-0.2, -0.15) is 0 Å². The lowest BCUT2D eigenvalue weighted by Crippen LogP contribution is -2.20. The minimum Gasteiger partial charge on any atom is -0.378 e. The van der Waals surface area contributed by atoms with Crippen LogP contribution in [0.15, 0.2) is 0 Å². The van der Waals surface area contributed by atoms with E-state index in [4.69, 9.17) is 6.42 Å². The maximum atomic E-state index is 9.77. The Labute approximate surface area is 133 Å². The first-order valence-corrected chi connectivity index (χ1v) is 8.97. The summed E-state index contributed by atoms with van der Waals surface area (Å²) in [6.45, 7) is 11.1. The fourth-order valence-corrected chi connectivity index (χ4v) is 2.84. The average molecular weight is 295 g/mol. The van der Waals surface area contributed by atoms with Crippen LogP contribution in [0.3, 0.4) is 0 Å². The normalized spacial score (nSPS) is 17.2. The highest BCUT2D eigenvalue weighted by Crippen LogP contribution is 2.22. The van der Waals surface area contributed by atoms with Crippen LogP contribution in [0.1, 0.15) is 92.4 Å². The van der Waals surface area contributed by atoms with Crippen LogP contribution in [-0.4, -0.2) is 10.7 Å². The van der Waals surface area contributed by atoms with Crippen molar-refractivity contribution in [3.63, 3.8) is 0 Å². The van der Waals surface area contributed by atoms with Crippen LogP contribution >= 0.6 is 0 Å². The van der Waals surface area contributed by atoms with Crippen LogP contribution in [0, 0.1) is 30.1 Å². The minimum absolute atomic E-state index is 0.722. The zero-order chi connectivity index (χ0) is 16.3. The maximum Gasteiger partial charge on any atom is 0.122 e. The molecule has 1 heteroatoms. The van der Waals surface area contributed by atoms with Gasteiger partial charge in [-0.25, -0.2) is 0 Å². The van der Waals surface area contributed by atoms with Gasteiger partial charge in [0.2, 0.25) is 0 Å². The van der Waals surface area contributed by atoms with E-state index in [1.165, 1.54) is 44.9 Å². The van der Waals surface area contributed by atoms with Crippen molar-refractivity contribution in [2.24, 2.45) is 17.8 Å². The van der Waals surface area contributed by atoms with Crippen molar-refractivity contribution in [1.82, 2.24) is 0 Å². The first-order valence-electron chi connectivity index (χ1n) is 8.97. The molecule has 1 nitrogen and oxygen atoms in total. The molecular formula is C20H38O. The molecule has 0 aromatic heterocycles. The van der Waals surface area contributed by atoms with Gasteiger partial charge in [-0.15, -0.1) is 6.42 Å². The molecular weight excluding hydrogens is 256 g/mol. The van der Waals surface area contributed by atoms with E-state index >= 15 is 0 Å². The number of aliphatic hydroxyl groups is 1. The average Bonchev–Trinajstić information content (AvgIpc) is 2.38. The summed E-state index contributed by atoms with van der Waals surface area (Å²) in [5.74, 6) is 4.93. The van der Waals surface area contributed by atoms with Gasteiger partial charge in [0.15, 0.2) is 0 Å². The Kier molecular flexibility index (Phi) is 10.9. The van der Waals surface area contributed by atoms with Crippen LogP contribution in [-0.2, 0) is 0 Å². The second kappa shape index (κ2) is 11.1. The molecule has 0 aromatic rings. The fourth-order valence-electron chi connectivity index (χ4n) is 2.84. The highest BCUT2D eigenvalue weighted by Gasteiger charge is 2.16. The minimum atomic E-state index is -0.912. The lowest BCUT2D eigenvalue weighted by molar-refractivity contribution is 0.107. The molecule has 0 aliphatic carbocycles. The molecule has 0 radical (unpaired) electrons. The zero-order valence-electron chi connectivity index (χ0n) is 15.1. The number of hydrogen-bond donors (Lipinski definition) is 1. The van der Waals surface area contributed by atoms with Gasteiger partial charge in [0.1, 0.15) is 5.60 Å². The SMILES string of the molecule is C#CC(C)(O)CCCC(C)CCCC(C)CCCC(C)C. The highest BCUT2D eigenvalue weighted by molar-refractivity contribution is 5.03. The van der Waals surface area contributed by atoms with Gasteiger partial charge < -0.3 is 5.11 Å². The Morgan fingerprint density at radius 2 is 1.29 bits per heavy atom. The van der Waals surface area contributed by atoms with Crippen LogP contribution < -0.4 is 0 Å². The van der Waals surface area contributed by atoms with Crippen molar-refractivity contribution in [3.8, 4) is 12.3 Å². The van der Waals surface area contributed by atoms with E-state index in [2.05, 4.69) is 33.6 Å². The van der Waals surface area contributed by atoms with Crippen molar-refractivity contribution in [2.45, 2.75) is 98.0 Å². The maximum absolute atomic E-state index is 9.77. The molecule has 0 heterocycles. The Balaban J connectivity index is 3.57. The Morgan fingerprint density at radius 1 is 0.857 bits per heavy atom. The standard InChI is InChI=1S/C20H38O/c1-7-20(6,21)16-10-15-19(5)14-9-13-18(4)12-8-11-17(2)3/h1,17-19,21H,8-16H2,2-6H3. The third kappa shape index (κ3) is 12.9. The van der Waals surface area contributed by atoms with Gasteiger partial charge in [0.05, 0.1) is 0 Å². The second-order valence-corrected chi connectivity index (χ2v) is 7.78. The predicted molar refractivity (Wildman–Crippen MR) is 94.2 cm³/mol.